The molecule has 1 heterocycles. The van der Waals surface area contributed by atoms with Gasteiger partial charge in [-0.25, -0.2) is 18.2 Å². The van der Waals surface area contributed by atoms with Crippen molar-refractivity contribution in [1.29, 1.82) is 0 Å². The molecule has 0 saturated carbocycles. The van der Waals surface area contributed by atoms with Crippen LogP contribution in [0, 0.1) is 0 Å². The lowest BCUT2D eigenvalue weighted by atomic mass is 10.0. The number of hydrogen-bond acceptors (Lipinski definition) is 4. The quantitative estimate of drug-likeness (QED) is 0.813. The second kappa shape index (κ2) is 5.19. The molecule has 0 saturated heterocycles. The van der Waals surface area contributed by atoms with E-state index in [-0.39, 0.29) is 6.92 Å². The average Bonchev–Trinajstić information content (AvgIpc) is 2.26. The van der Waals surface area contributed by atoms with Crippen molar-refractivity contribution >= 4 is 27.6 Å². The van der Waals surface area contributed by atoms with Crippen LogP contribution in [-0.4, -0.2) is 36.2 Å². The summed E-state index contributed by atoms with van der Waals surface area (Å²) in [5.74, 6) is -2.39. The van der Waals surface area contributed by atoms with Gasteiger partial charge in [0.05, 0.1) is 0 Å². The molecule has 0 aliphatic heterocycles. The average molecular weight is 333 g/mol. The number of carboxylic acids is 1. The summed E-state index contributed by atoms with van der Waals surface area (Å²) in [4.78, 5) is 13.4. The van der Waals surface area contributed by atoms with Crippen LogP contribution in [-0.2, 0) is 14.8 Å². The predicted molar refractivity (Wildman–Crippen MR) is 61.7 cm³/mol. The van der Waals surface area contributed by atoms with E-state index in [1.165, 1.54) is 0 Å². The molecular formula is C9H8ClF3N2O4S. The highest BCUT2D eigenvalue weighted by Gasteiger charge is 2.59. The summed E-state index contributed by atoms with van der Waals surface area (Å²) in [5, 5.41) is 8.08. The molecule has 0 aromatic carbocycles. The third-order valence-corrected chi connectivity index (χ3v) is 4.35. The van der Waals surface area contributed by atoms with Gasteiger partial charge in [-0.05, 0) is 19.1 Å². The lowest BCUT2D eigenvalue weighted by Crippen LogP contribution is -2.61. The second-order valence-corrected chi connectivity index (χ2v) is 5.83. The molecule has 6 nitrogen and oxygen atoms in total. The Morgan fingerprint density at radius 1 is 1.45 bits per heavy atom. The number of rotatable bonds is 4. The monoisotopic (exact) mass is 332 g/mol. The molecular weight excluding hydrogens is 325 g/mol. The molecule has 2 N–H and O–H groups in total. The molecule has 1 aromatic rings. The zero-order valence-electron chi connectivity index (χ0n) is 9.77. The normalized spacial score (nSPS) is 15.7. The Morgan fingerprint density at radius 3 is 2.40 bits per heavy atom. The second-order valence-electron chi connectivity index (χ2n) is 3.83. The zero-order chi connectivity index (χ0) is 15.8. The highest BCUT2D eigenvalue weighted by molar-refractivity contribution is 7.89. The molecule has 0 radical (unpaired) electrons. The number of nitrogens with one attached hydrogen (secondary N) is 1. The lowest BCUT2D eigenvalue weighted by molar-refractivity contribution is -0.201. The van der Waals surface area contributed by atoms with Crippen molar-refractivity contribution in [3.8, 4) is 0 Å². The molecule has 0 aliphatic carbocycles. The van der Waals surface area contributed by atoms with Gasteiger partial charge in [0.1, 0.15) is 10.0 Å². The number of alkyl halides is 3. The molecule has 0 aliphatic rings. The summed E-state index contributed by atoms with van der Waals surface area (Å²) in [6, 6.07) is 2.03. The van der Waals surface area contributed by atoms with Crippen LogP contribution < -0.4 is 4.72 Å². The SMILES string of the molecule is CC(NS(=O)(=O)c1cccnc1Cl)(C(=O)O)C(F)(F)F. The Bertz CT molecular complexity index is 634. The van der Waals surface area contributed by atoms with Crippen molar-refractivity contribution in [2.45, 2.75) is 23.5 Å². The van der Waals surface area contributed by atoms with E-state index in [0.29, 0.717) is 0 Å². The van der Waals surface area contributed by atoms with Crippen molar-refractivity contribution < 1.29 is 31.5 Å². The Kier molecular flexibility index (Phi) is 4.32. The highest BCUT2D eigenvalue weighted by Crippen LogP contribution is 2.32. The van der Waals surface area contributed by atoms with E-state index in [9.17, 15) is 26.4 Å². The van der Waals surface area contributed by atoms with E-state index in [1.54, 1.807) is 0 Å². The standard InChI is InChI=1S/C9H8ClF3N2O4S/c1-8(7(16)17,9(11,12)13)15-20(18,19)5-3-2-4-14-6(5)10/h2-4,15H,1H3,(H,16,17). The fourth-order valence-corrected chi connectivity index (χ4v) is 2.92. The maximum absolute atomic E-state index is 12.7. The van der Waals surface area contributed by atoms with Gasteiger partial charge in [0, 0.05) is 6.20 Å². The third kappa shape index (κ3) is 3.02. The van der Waals surface area contributed by atoms with Crippen molar-refractivity contribution in [3.05, 3.63) is 23.5 Å². The van der Waals surface area contributed by atoms with Crippen molar-refractivity contribution in [1.82, 2.24) is 9.71 Å². The summed E-state index contributed by atoms with van der Waals surface area (Å²) in [6.07, 6.45) is -4.22. The van der Waals surface area contributed by atoms with Crippen LogP contribution in [0.2, 0.25) is 5.15 Å². The fraction of sp³-hybridized carbons (Fsp3) is 0.333. The Hall–Kier alpha value is -1.39. The van der Waals surface area contributed by atoms with Crippen molar-refractivity contribution in [3.63, 3.8) is 0 Å². The molecule has 20 heavy (non-hydrogen) atoms. The van der Waals surface area contributed by atoms with E-state index in [4.69, 9.17) is 16.7 Å². The Labute approximate surface area is 116 Å². The van der Waals surface area contributed by atoms with E-state index >= 15 is 0 Å². The van der Waals surface area contributed by atoms with Gasteiger partial charge in [0.25, 0.3) is 0 Å². The number of aromatic nitrogens is 1. The molecule has 112 valence electrons. The summed E-state index contributed by atoms with van der Waals surface area (Å²) < 4.78 is 63.0. The van der Waals surface area contributed by atoms with Crippen molar-refractivity contribution in [2.24, 2.45) is 0 Å². The van der Waals surface area contributed by atoms with E-state index in [0.717, 1.165) is 23.1 Å². The van der Waals surface area contributed by atoms with Gasteiger partial charge in [-0.3, -0.25) is 0 Å². The van der Waals surface area contributed by atoms with Crippen LogP contribution in [0.25, 0.3) is 0 Å². The number of sulfonamides is 1. The fourth-order valence-electron chi connectivity index (χ4n) is 1.12. The first kappa shape index (κ1) is 16.7. The number of pyridine rings is 1. The summed E-state index contributed by atoms with van der Waals surface area (Å²) >= 11 is 5.47. The highest BCUT2D eigenvalue weighted by atomic mass is 35.5. The van der Waals surface area contributed by atoms with E-state index in [1.807, 2.05) is 0 Å². The molecule has 0 amide bonds. The third-order valence-electron chi connectivity index (χ3n) is 2.35. The number of carboxylic acid groups (broad SMARTS) is 1. The van der Waals surface area contributed by atoms with Crippen molar-refractivity contribution in [2.75, 3.05) is 0 Å². The Balaban J connectivity index is 3.32. The number of hydrogen-bond donors (Lipinski definition) is 2. The first-order valence-corrected chi connectivity index (χ1v) is 6.72. The predicted octanol–water partition coefficient (Wildman–Crippen LogP) is 1.42. The van der Waals surface area contributed by atoms with Gasteiger partial charge in [-0.15, -0.1) is 0 Å². The minimum absolute atomic E-state index is 0.192. The molecule has 11 heteroatoms. The van der Waals surface area contributed by atoms with Gasteiger partial charge >= 0.3 is 12.1 Å². The van der Waals surface area contributed by atoms with Gasteiger partial charge in [-0.2, -0.15) is 17.9 Å². The minimum Gasteiger partial charge on any atom is -0.480 e. The molecule has 1 aromatic heterocycles. The van der Waals surface area contributed by atoms with E-state index < -0.39 is 37.8 Å². The lowest BCUT2D eigenvalue weighted by Gasteiger charge is -2.28. The summed E-state index contributed by atoms with van der Waals surface area (Å²) in [7, 11) is -4.82. The summed E-state index contributed by atoms with van der Waals surface area (Å²) in [6.45, 7) is 0.192. The number of carbonyl (C=O) groups is 1. The molecule has 0 fully saturated rings. The largest absolute Gasteiger partial charge is 0.480 e. The molecule has 1 rings (SSSR count). The smallest absolute Gasteiger partial charge is 0.418 e. The first-order valence-electron chi connectivity index (χ1n) is 4.86. The summed E-state index contributed by atoms with van der Waals surface area (Å²) in [5.41, 5.74) is -3.69. The molecule has 0 spiro atoms. The van der Waals surface area contributed by atoms with Crippen LogP contribution in [0.1, 0.15) is 6.92 Å². The maximum Gasteiger partial charge on any atom is 0.418 e. The first-order chi connectivity index (χ1) is 8.92. The number of halogens is 4. The van der Waals surface area contributed by atoms with Gasteiger partial charge in [-0.1, -0.05) is 11.6 Å². The van der Waals surface area contributed by atoms with Gasteiger partial charge in [0.15, 0.2) is 0 Å². The molecule has 1 unspecified atom stereocenters. The maximum atomic E-state index is 12.7. The van der Waals surface area contributed by atoms with E-state index in [2.05, 4.69) is 4.98 Å². The minimum atomic E-state index is -5.35. The number of aliphatic carboxylic acids is 1. The van der Waals surface area contributed by atoms with Crippen LogP contribution in [0.5, 0.6) is 0 Å². The molecule has 1 atom stereocenters. The number of nitrogens with zero attached hydrogens (tertiary/aromatic N) is 1. The van der Waals surface area contributed by atoms with Crippen LogP contribution in [0.4, 0.5) is 13.2 Å². The van der Waals surface area contributed by atoms with Crippen LogP contribution in [0.3, 0.4) is 0 Å². The van der Waals surface area contributed by atoms with Crippen LogP contribution in [0.15, 0.2) is 23.2 Å². The Morgan fingerprint density at radius 2 is 2.00 bits per heavy atom. The van der Waals surface area contributed by atoms with Gasteiger partial charge < -0.3 is 5.11 Å². The topological polar surface area (TPSA) is 96.4 Å². The van der Waals surface area contributed by atoms with Crippen LogP contribution >= 0.6 is 11.6 Å². The zero-order valence-corrected chi connectivity index (χ0v) is 11.3. The molecule has 0 bridgehead atoms. The van der Waals surface area contributed by atoms with Gasteiger partial charge in [0.2, 0.25) is 15.6 Å².